The zero-order valence-corrected chi connectivity index (χ0v) is 7.43. The fourth-order valence-corrected chi connectivity index (χ4v) is 1.55. The smallest absolute Gasteiger partial charge is 0.107 e. The minimum absolute atomic E-state index is 0.678. The largest absolute Gasteiger partial charge is 0.346 e. The molecule has 0 radical (unpaired) electrons. The second kappa shape index (κ2) is 2.90. The lowest BCUT2D eigenvalue weighted by Crippen LogP contribution is -2.03. The molecule has 3 N–H and O–H groups in total. The van der Waals surface area contributed by atoms with Gasteiger partial charge in [0.05, 0.1) is 5.69 Å². The molecule has 0 aliphatic heterocycles. The van der Waals surface area contributed by atoms with E-state index >= 15 is 0 Å². The number of hydrogen-bond acceptors (Lipinski definition) is 2. The van der Waals surface area contributed by atoms with Crippen molar-refractivity contribution in [3.63, 3.8) is 0 Å². The van der Waals surface area contributed by atoms with Crippen molar-refractivity contribution in [2.45, 2.75) is 32.1 Å². The number of hydrogen-bond donors (Lipinski definition) is 2. The lowest BCUT2D eigenvalue weighted by atomic mass is 10.2. The summed E-state index contributed by atoms with van der Waals surface area (Å²) < 4.78 is 0. The molecule has 66 valence electrons. The molecule has 3 nitrogen and oxygen atoms in total. The van der Waals surface area contributed by atoms with Crippen molar-refractivity contribution in [3.8, 4) is 0 Å². The summed E-state index contributed by atoms with van der Waals surface area (Å²) in [5, 5.41) is 0. The molecule has 1 saturated carbocycles. The molecule has 0 atom stereocenters. The van der Waals surface area contributed by atoms with Crippen LogP contribution in [-0.2, 0) is 6.42 Å². The van der Waals surface area contributed by atoms with Gasteiger partial charge in [0.2, 0.25) is 0 Å². The number of aromatic amines is 1. The molecule has 12 heavy (non-hydrogen) atoms. The van der Waals surface area contributed by atoms with E-state index in [0.29, 0.717) is 6.54 Å². The minimum atomic E-state index is 0.678. The molecule has 1 heterocycles. The second-order valence-electron chi connectivity index (χ2n) is 3.51. The summed E-state index contributed by atoms with van der Waals surface area (Å²) in [7, 11) is 0. The third-order valence-electron chi connectivity index (χ3n) is 2.32. The van der Waals surface area contributed by atoms with Crippen LogP contribution in [0, 0.1) is 6.92 Å². The van der Waals surface area contributed by atoms with E-state index in [4.69, 9.17) is 5.73 Å². The first-order valence-electron chi connectivity index (χ1n) is 4.56. The third kappa shape index (κ3) is 1.37. The highest BCUT2D eigenvalue weighted by atomic mass is 14.9. The van der Waals surface area contributed by atoms with E-state index in [-0.39, 0.29) is 0 Å². The summed E-state index contributed by atoms with van der Waals surface area (Å²) in [4.78, 5) is 7.80. The van der Waals surface area contributed by atoms with Crippen molar-refractivity contribution in [2.24, 2.45) is 5.73 Å². The van der Waals surface area contributed by atoms with Crippen molar-refractivity contribution in [1.82, 2.24) is 9.97 Å². The zero-order chi connectivity index (χ0) is 8.55. The Labute approximate surface area is 72.4 Å². The van der Waals surface area contributed by atoms with E-state index in [1.54, 1.807) is 0 Å². The van der Waals surface area contributed by atoms with Crippen molar-refractivity contribution in [3.05, 3.63) is 17.2 Å². The number of nitrogens with one attached hydrogen (secondary N) is 1. The lowest BCUT2D eigenvalue weighted by Gasteiger charge is -1.89. The molecule has 0 spiro atoms. The van der Waals surface area contributed by atoms with Crippen LogP contribution in [0.15, 0.2) is 0 Å². The van der Waals surface area contributed by atoms with Crippen LogP contribution in [0.25, 0.3) is 0 Å². The van der Waals surface area contributed by atoms with Gasteiger partial charge in [0.1, 0.15) is 5.82 Å². The number of imidazole rings is 1. The molecule has 1 aromatic heterocycles. The van der Waals surface area contributed by atoms with Crippen LogP contribution in [0.3, 0.4) is 0 Å². The number of H-pyrrole nitrogens is 1. The predicted molar refractivity (Wildman–Crippen MR) is 48.1 cm³/mol. The van der Waals surface area contributed by atoms with Crippen LogP contribution in [0.1, 0.15) is 36.0 Å². The van der Waals surface area contributed by atoms with Gasteiger partial charge in [0, 0.05) is 18.0 Å². The average Bonchev–Trinajstić information content (AvgIpc) is 2.79. The fourth-order valence-electron chi connectivity index (χ4n) is 1.55. The molecular weight excluding hydrogens is 150 g/mol. The monoisotopic (exact) mass is 165 g/mol. The first kappa shape index (κ1) is 7.80. The predicted octanol–water partition coefficient (Wildman–Crippen LogP) is 1.10. The van der Waals surface area contributed by atoms with Gasteiger partial charge in [-0.25, -0.2) is 4.98 Å². The Bertz CT molecular complexity index is 273. The number of rotatable bonds is 3. The summed E-state index contributed by atoms with van der Waals surface area (Å²) in [6, 6.07) is 0. The van der Waals surface area contributed by atoms with Gasteiger partial charge in [-0.15, -0.1) is 0 Å². The van der Waals surface area contributed by atoms with Gasteiger partial charge in [0.25, 0.3) is 0 Å². The minimum Gasteiger partial charge on any atom is -0.346 e. The highest BCUT2D eigenvalue weighted by Gasteiger charge is 2.27. The Morgan fingerprint density at radius 1 is 1.58 bits per heavy atom. The van der Waals surface area contributed by atoms with Crippen LogP contribution >= 0.6 is 0 Å². The highest BCUT2D eigenvalue weighted by Crippen LogP contribution is 2.40. The second-order valence-corrected chi connectivity index (χ2v) is 3.51. The Morgan fingerprint density at radius 2 is 2.33 bits per heavy atom. The molecule has 0 unspecified atom stereocenters. The van der Waals surface area contributed by atoms with E-state index in [1.807, 2.05) is 0 Å². The number of nitrogens with two attached hydrogens (primary N) is 1. The molecular formula is C9H15N3. The van der Waals surface area contributed by atoms with Crippen LogP contribution < -0.4 is 5.73 Å². The van der Waals surface area contributed by atoms with E-state index < -0.39 is 0 Å². The first-order chi connectivity index (χ1) is 5.81. The van der Waals surface area contributed by atoms with Crippen LogP contribution in [0.4, 0.5) is 0 Å². The summed E-state index contributed by atoms with van der Waals surface area (Å²) in [6.07, 6.45) is 3.50. The van der Waals surface area contributed by atoms with Crippen LogP contribution in [-0.4, -0.2) is 16.5 Å². The average molecular weight is 165 g/mol. The van der Waals surface area contributed by atoms with Gasteiger partial charge >= 0.3 is 0 Å². The normalized spacial score (nSPS) is 16.8. The summed E-state index contributed by atoms with van der Waals surface area (Å²) >= 11 is 0. The Morgan fingerprint density at radius 3 is 2.92 bits per heavy atom. The molecule has 0 aromatic carbocycles. The maximum absolute atomic E-state index is 5.45. The first-order valence-corrected chi connectivity index (χ1v) is 4.56. The Balaban J connectivity index is 2.18. The van der Waals surface area contributed by atoms with Gasteiger partial charge in [-0.05, 0) is 26.3 Å². The van der Waals surface area contributed by atoms with Gasteiger partial charge in [-0.2, -0.15) is 0 Å². The van der Waals surface area contributed by atoms with E-state index in [2.05, 4.69) is 16.9 Å². The van der Waals surface area contributed by atoms with Crippen LogP contribution in [0.2, 0.25) is 0 Å². The maximum Gasteiger partial charge on any atom is 0.107 e. The Kier molecular flexibility index (Phi) is 1.89. The van der Waals surface area contributed by atoms with Gasteiger partial charge < -0.3 is 10.7 Å². The summed E-state index contributed by atoms with van der Waals surface area (Å²) in [5.74, 6) is 1.80. The molecule has 1 fully saturated rings. The van der Waals surface area contributed by atoms with E-state index in [0.717, 1.165) is 18.2 Å². The summed E-state index contributed by atoms with van der Waals surface area (Å²) in [6.45, 7) is 2.78. The SMILES string of the molecule is Cc1[nH]c(CCN)nc1C1CC1. The molecule has 1 aliphatic carbocycles. The van der Waals surface area contributed by atoms with E-state index in [1.165, 1.54) is 24.2 Å². The maximum atomic E-state index is 5.45. The number of nitrogens with zero attached hydrogens (tertiary/aromatic N) is 1. The zero-order valence-electron chi connectivity index (χ0n) is 7.43. The van der Waals surface area contributed by atoms with Gasteiger partial charge in [-0.1, -0.05) is 0 Å². The van der Waals surface area contributed by atoms with Crippen LogP contribution in [0.5, 0.6) is 0 Å². The molecule has 0 saturated heterocycles. The molecule has 1 aliphatic rings. The lowest BCUT2D eigenvalue weighted by molar-refractivity contribution is 0.883. The van der Waals surface area contributed by atoms with Crippen molar-refractivity contribution in [1.29, 1.82) is 0 Å². The quantitative estimate of drug-likeness (QED) is 0.704. The molecule has 0 bridgehead atoms. The van der Waals surface area contributed by atoms with Gasteiger partial charge in [-0.3, -0.25) is 0 Å². The number of aryl methyl sites for hydroxylation is 1. The fraction of sp³-hybridized carbons (Fsp3) is 0.667. The highest BCUT2D eigenvalue weighted by molar-refractivity contribution is 5.21. The molecule has 1 aromatic rings. The van der Waals surface area contributed by atoms with Crippen molar-refractivity contribution in [2.75, 3.05) is 6.54 Å². The molecule has 3 heteroatoms. The topological polar surface area (TPSA) is 54.7 Å². The van der Waals surface area contributed by atoms with Gasteiger partial charge in [0.15, 0.2) is 0 Å². The molecule has 0 amide bonds. The summed E-state index contributed by atoms with van der Waals surface area (Å²) in [5.41, 5.74) is 7.96. The van der Waals surface area contributed by atoms with Crippen molar-refractivity contribution < 1.29 is 0 Å². The van der Waals surface area contributed by atoms with E-state index in [9.17, 15) is 0 Å². The number of aromatic nitrogens is 2. The molecule has 2 rings (SSSR count). The van der Waals surface area contributed by atoms with Crippen molar-refractivity contribution >= 4 is 0 Å². The third-order valence-corrected chi connectivity index (χ3v) is 2.32. The standard InChI is InChI=1S/C9H15N3/c1-6-9(7-2-3-7)12-8(11-6)4-5-10/h7H,2-5,10H2,1H3,(H,11,12). The Hall–Kier alpha value is -0.830.